The van der Waals surface area contributed by atoms with Crippen LogP contribution in [0.3, 0.4) is 0 Å². The molecule has 0 amide bonds. The van der Waals surface area contributed by atoms with Gasteiger partial charge in [0.25, 0.3) is 0 Å². The largest absolute Gasteiger partial charge is 0.317 e. The van der Waals surface area contributed by atoms with Gasteiger partial charge in [-0.1, -0.05) is 6.92 Å². The summed E-state index contributed by atoms with van der Waals surface area (Å²) in [6.45, 7) is 4.53. The lowest BCUT2D eigenvalue weighted by molar-refractivity contribution is 0.469. The topological polar surface area (TPSA) is 62.3 Å². The van der Waals surface area contributed by atoms with Crippen LogP contribution in [0.1, 0.15) is 31.7 Å². The van der Waals surface area contributed by atoms with Gasteiger partial charge < -0.3 is 5.32 Å². The minimum absolute atomic E-state index is 0.230. The van der Waals surface area contributed by atoms with Gasteiger partial charge >= 0.3 is 0 Å². The summed E-state index contributed by atoms with van der Waals surface area (Å²) in [6, 6.07) is 3.83. The normalized spacial score (nSPS) is 12.0. The maximum absolute atomic E-state index is 12.1. The minimum Gasteiger partial charge on any atom is -0.317 e. The Morgan fingerprint density at radius 2 is 1.90 bits per heavy atom. The van der Waals surface area contributed by atoms with Crippen LogP contribution in [0.5, 0.6) is 0 Å². The molecular weight excluding hydrogens is 286 g/mol. The fourth-order valence-electron chi connectivity index (χ4n) is 1.97. The molecule has 0 fully saturated rings. The molecule has 0 radical (unpaired) electrons. The van der Waals surface area contributed by atoms with Gasteiger partial charge in [-0.05, 0) is 56.5 Å². The predicted molar refractivity (Wildman–Crippen MR) is 86.8 cm³/mol. The van der Waals surface area contributed by atoms with Gasteiger partial charge in [-0.3, -0.25) is 4.98 Å². The second-order valence-electron chi connectivity index (χ2n) is 5.20. The van der Waals surface area contributed by atoms with Crippen LogP contribution in [-0.4, -0.2) is 50.1 Å². The van der Waals surface area contributed by atoms with Gasteiger partial charge in [0.05, 0.1) is 5.75 Å². The zero-order valence-electron chi connectivity index (χ0n) is 13.1. The van der Waals surface area contributed by atoms with E-state index in [4.69, 9.17) is 0 Å². The van der Waals surface area contributed by atoms with Crippen LogP contribution in [0.25, 0.3) is 0 Å². The highest BCUT2D eigenvalue weighted by atomic mass is 32.2. The Labute approximate surface area is 128 Å². The summed E-state index contributed by atoms with van der Waals surface area (Å²) in [5.41, 5.74) is 1.11. The molecule has 1 aromatic rings. The lowest BCUT2D eigenvalue weighted by Gasteiger charge is -2.17. The number of rotatable bonds is 11. The molecule has 0 bridgehead atoms. The molecule has 1 heterocycles. The highest BCUT2D eigenvalue weighted by Gasteiger charge is 2.16. The summed E-state index contributed by atoms with van der Waals surface area (Å²) in [5, 5.41) is 3.28. The number of hydrogen-bond acceptors (Lipinski definition) is 4. The Hall–Kier alpha value is -0.980. The first-order chi connectivity index (χ1) is 10.1. The van der Waals surface area contributed by atoms with Crippen molar-refractivity contribution in [3.8, 4) is 0 Å². The standard InChI is InChI=1S/C15H27N3O2S/c1-3-9-16-10-4-5-14-21(19,20)18(2)13-8-15-6-11-17-12-7-15/h6-7,11-12,16H,3-5,8-10,13-14H2,1-2H3. The lowest BCUT2D eigenvalue weighted by Crippen LogP contribution is -2.31. The van der Waals surface area contributed by atoms with Crippen LogP contribution < -0.4 is 5.32 Å². The number of nitrogens with zero attached hydrogens (tertiary/aromatic N) is 2. The zero-order chi connectivity index (χ0) is 15.6. The molecule has 5 nitrogen and oxygen atoms in total. The molecule has 0 aliphatic carbocycles. The minimum atomic E-state index is -3.13. The zero-order valence-corrected chi connectivity index (χ0v) is 13.9. The molecule has 1 N–H and O–H groups in total. The van der Waals surface area contributed by atoms with Crippen LogP contribution in [0.4, 0.5) is 0 Å². The fraction of sp³-hybridized carbons (Fsp3) is 0.667. The van der Waals surface area contributed by atoms with Gasteiger partial charge in [0, 0.05) is 26.0 Å². The second-order valence-corrected chi connectivity index (χ2v) is 7.40. The Morgan fingerprint density at radius 1 is 1.19 bits per heavy atom. The van der Waals surface area contributed by atoms with Crippen molar-refractivity contribution >= 4 is 10.0 Å². The average molecular weight is 313 g/mol. The van der Waals surface area contributed by atoms with Gasteiger partial charge in [0.15, 0.2) is 0 Å². The maximum atomic E-state index is 12.1. The first kappa shape index (κ1) is 18.1. The molecule has 0 aliphatic rings. The molecule has 120 valence electrons. The number of likely N-dealkylation sites (N-methyl/N-ethyl adjacent to an activating group) is 1. The van der Waals surface area contributed by atoms with E-state index < -0.39 is 10.0 Å². The van der Waals surface area contributed by atoms with Gasteiger partial charge in [-0.25, -0.2) is 12.7 Å². The highest BCUT2D eigenvalue weighted by Crippen LogP contribution is 2.05. The van der Waals surface area contributed by atoms with Crippen molar-refractivity contribution in [2.75, 3.05) is 32.4 Å². The molecule has 21 heavy (non-hydrogen) atoms. The quantitative estimate of drug-likeness (QED) is 0.631. The second kappa shape index (κ2) is 9.87. The van der Waals surface area contributed by atoms with Crippen molar-refractivity contribution in [1.29, 1.82) is 0 Å². The first-order valence-electron chi connectivity index (χ1n) is 7.60. The molecule has 0 unspecified atom stereocenters. The van der Waals surface area contributed by atoms with Crippen molar-refractivity contribution in [1.82, 2.24) is 14.6 Å². The Bertz CT molecular complexity index is 477. The Morgan fingerprint density at radius 3 is 2.57 bits per heavy atom. The number of sulfonamides is 1. The van der Waals surface area contributed by atoms with Gasteiger partial charge in [-0.2, -0.15) is 0 Å². The number of hydrogen-bond donors (Lipinski definition) is 1. The van der Waals surface area contributed by atoms with E-state index in [2.05, 4.69) is 17.2 Å². The summed E-state index contributed by atoms with van der Waals surface area (Å²) >= 11 is 0. The molecule has 0 spiro atoms. The van der Waals surface area contributed by atoms with E-state index >= 15 is 0 Å². The van der Waals surface area contributed by atoms with Gasteiger partial charge in [-0.15, -0.1) is 0 Å². The summed E-state index contributed by atoms with van der Waals surface area (Å²) in [5.74, 6) is 0.230. The van der Waals surface area contributed by atoms with E-state index in [0.29, 0.717) is 13.0 Å². The van der Waals surface area contributed by atoms with Crippen molar-refractivity contribution in [2.45, 2.75) is 32.6 Å². The number of unbranched alkanes of at least 4 members (excludes halogenated alkanes) is 1. The van der Waals surface area contributed by atoms with Crippen LogP contribution in [-0.2, 0) is 16.4 Å². The van der Waals surface area contributed by atoms with Crippen LogP contribution in [0.2, 0.25) is 0 Å². The van der Waals surface area contributed by atoms with Gasteiger partial charge in [0.2, 0.25) is 10.0 Å². The summed E-state index contributed by atoms with van der Waals surface area (Å²) in [6.07, 6.45) is 6.89. The molecule has 0 aliphatic heterocycles. The molecule has 1 aromatic heterocycles. The van der Waals surface area contributed by atoms with Crippen molar-refractivity contribution in [2.24, 2.45) is 0 Å². The van der Waals surface area contributed by atoms with Crippen LogP contribution >= 0.6 is 0 Å². The molecule has 0 saturated heterocycles. The third-order valence-corrected chi connectivity index (χ3v) is 5.31. The van der Waals surface area contributed by atoms with E-state index in [1.807, 2.05) is 12.1 Å². The average Bonchev–Trinajstić information content (AvgIpc) is 2.49. The van der Waals surface area contributed by atoms with Crippen molar-refractivity contribution in [3.63, 3.8) is 0 Å². The Balaban J connectivity index is 2.26. The summed E-state index contributed by atoms with van der Waals surface area (Å²) in [4.78, 5) is 3.95. The smallest absolute Gasteiger partial charge is 0.213 e. The third-order valence-electron chi connectivity index (χ3n) is 3.37. The predicted octanol–water partition coefficient (Wildman–Crippen LogP) is 1.67. The SMILES string of the molecule is CCCNCCCCS(=O)(=O)N(C)CCc1ccncc1. The van der Waals surface area contributed by atoms with E-state index in [0.717, 1.165) is 37.9 Å². The maximum Gasteiger partial charge on any atom is 0.213 e. The molecule has 1 rings (SSSR count). The molecular formula is C15H27N3O2S. The van der Waals surface area contributed by atoms with E-state index in [1.165, 1.54) is 4.31 Å². The lowest BCUT2D eigenvalue weighted by atomic mass is 10.2. The monoisotopic (exact) mass is 313 g/mol. The Kier molecular flexibility index (Phi) is 8.49. The molecule has 0 saturated carbocycles. The number of aromatic nitrogens is 1. The molecule has 6 heteroatoms. The van der Waals surface area contributed by atoms with Crippen LogP contribution in [0, 0.1) is 0 Å². The van der Waals surface area contributed by atoms with E-state index in [-0.39, 0.29) is 5.75 Å². The van der Waals surface area contributed by atoms with E-state index in [9.17, 15) is 8.42 Å². The fourth-order valence-corrected chi connectivity index (χ4v) is 3.22. The highest BCUT2D eigenvalue weighted by molar-refractivity contribution is 7.89. The van der Waals surface area contributed by atoms with Crippen molar-refractivity contribution in [3.05, 3.63) is 30.1 Å². The molecule has 0 atom stereocenters. The summed E-state index contributed by atoms with van der Waals surface area (Å²) < 4.78 is 25.7. The summed E-state index contributed by atoms with van der Waals surface area (Å²) in [7, 11) is -1.47. The first-order valence-corrected chi connectivity index (χ1v) is 9.21. The van der Waals surface area contributed by atoms with Crippen molar-refractivity contribution < 1.29 is 8.42 Å². The van der Waals surface area contributed by atoms with E-state index in [1.54, 1.807) is 19.4 Å². The van der Waals surface area contributed by atoms with Crippen LogP contribution in [0.15, 0.2) is 24.5 Å². The number of nitrogens with one attached hydrogen (secondary N) is 1. The number of pyridine rings is 1. The molecule has 0 aromatic carbocycles. The van der Waals surface area contributed by atoms with Gasteiger partial charge in [0.1, 0.15) is 0 Å². The third kappa shape index (κ3) is 7.55.